The first-order valence-corrected chi connectivity index (χ1v) is 16.3. The van der Waals surface area contributed by atoms with Crippen LogP contribution in [0.25, 0.3) is 11.0 Å². The number of rotatable bonds is 10. The molecule has 1 fully saturated rings. The van der Waals surface area contributed by atoms with Crippen molar-refractivity contribution in [3.8, 4) is 11.5 Å². The van der Waals surface area contributed by atoms with Gasteiger partial charge in [-0.2, -0.15) is 13.2 Å². The van der Waals surface area contributed by atoms with Gasteiger partial charge in [0.2, 0.25) is 0 Å². The van der Waals surface area contributed by atoms with Gasteiger partial charge in [-0.25, -0.2) is 18.6 Å². The van der Waals surface area contributed by atoms with E-state index in [9.17, 15) is 26.7 Å². The number of carbonyl (C=O) groups excluding carboxylic acids is 1. The quantitative estimate of drug-likeness (QED) is 0.159. The molecule has 218 valence electrons. The monoisotopic (exact) mass is 586 g/mol. The highest BCUT2D eigenvalue weighted by Gasteiger charge is 2.37. The Kier molecular flexibility index (Phi) is 8.43. The van der Waals surface area contributed by atoms with Crippen LogP contribution in [0, 0.1) is 17.0 Å². The number of nitrogens with zero attached hydrogens (tertiary/aromatic N) is 2. The molecule has 2 N–H and O–H groups in total. The zero-order valence-electron chi connectivity index (χ0n) is 22.5. The van der Waals surface area contributed by atoms with E-state index in [-0.39, 0.29) is 23.5 Å². The van der Waals surface area contributed by atoms with Gasteiger partial charge in [0, 0.05) is 56.9 Å². The number of fused-ring (bicyclic) bond motifs is 1. The van der Waals surface area contributed by atoms with Crippen molar-refractivity contribution in [1.29, 1.82) is 0 Å². The standard InChI is InChI=1S/C26H31F5N4O4Si/c1-25(13-38-14-25)12-33-24(36)34-16-9-18(27)22(19(28)10-16)39-20-5-6-32-23-21(20)17(26(29,30)31)11-35(23)15-37-7-8-40(2,3)4/h5-6,9-11H,7-8,12-15H2,1-4H3,(H2,33,34,36). The largest absolute Gasteiger partial charge is 0.450 e. The number of carbonyl (C=O) groups is 1. The maximum atomic E-state index is 14.9. The van der Waals surface area contributed by atoms with Crippen LogP contribution in [0.4, 0.5) is 32.4 Å². The Morgan fingerprint density at radius 3 is 2.45 bits per heavy atom. The molecule has 1 aliphatic heterocycles. The van der Waals surface area contributed by atoms with Crippen molar-refractivity contribution in [1.82, 2.24) is 14.9 Å². The lowest BCUT2D eigenvalue weighted by Gasteiger charge is -2.37. The van der Waals surface area contributed by atoms with Crippen molar-refractivity contribution in [2.24, 2.45) is 5.41 Å². The van der Waals surface area contributed by atoms with E-state index < -0.39 is 54.4 Å². The number of urea groups is 1. The Morgan fingerprint density at radius 1 is 1.20 bits per heavy atom. The Morgan fingerprint density at radius 2 is 1.88 bits per heavy atom. The number of hydrogen-bond acceptors (Lipinski definition) is 5. The molecule has 2 amide bonds. The van der Waals surface area contributed by atoms with Gasteiger partial charge >= 0.3 is 12.2 Å². The smallest absolute Gasteiger partial charge is 0.418 e. The van der Waals surface area contributed by atoms with E-state index >= 15 is 0 Å². The molecule has 0 radical (unpaired) electrons. The van der Waals surface area contributed by atoms with Gasteiger partial charge in [-0.15, -0.1) is 0 Å². The highest BCUT2D eigenvalue weighted by Crippen LogP contribution is 2.42. The van der Waals surface area contributed by atoms with Crippen LogP contribution in [-0.4, -0.2) is 50.0 Å². The minimum Gasteiger partial charge on any atom is -0.450 e. The first kappa shape index (κ1) is 29.7. The van der Waals surface area contributed by atoms with Gasteiger partial charge in [-0.1, -0.05) is 26.6 Å². The third kappa shape index (κ3) is 7.09. The second-order valence-corrected chi connectivity index (χ2v) is 17.0. The van der Waals surface area contributed by atoms with Crippen LogP contribution in [0.2, 0.25) is 25.7 Å². The van der Waals surface area contributed by atoms with E-state index in [2.05, 4.69) is 35.3 Å². The predicted octanol–water partition coefficient (Wildman–Crippen LogP) is 6.60. The second-order valence-electron chi connectivity index (χ2n) is 11.3. The van der Waals surface area contributed by atoms with Crippen molar-refractivity contribution in [2.45, 2.75) is 45.5 Å². The van der Waals surface area contributed by atoms with Gasteiger partial charge in [-0.3, -0.25) is 0 Å². The first-order chi connectivity index (χ1) is 18.7. The molecule has 8 nitrogen and oxygen atoms in total. The highest BCUT2D eigenvalue weighted by molar-refractivity contribution is 6.76. The third-order valence-corrected chi connectivity index (χ3v) is 8.00. The van der Waals surface area contributed by atoms with Gasteiger partial charge in [0.1, 0.15) is 18.1 Å². The molecule has 0 atom stereocenters. The Balaban J connectivity index is 1.55. The molecule has 2 aromatic heterocycles. The fraction of sp³-hybridized carbons (Fsp3) is 0.462. The molecule has 0 unspecified atom stereocenters. The Bertz CT molecular complexity index is 1360. The number of amides is 2. The summed E-state index contributed by atoms with van der Waals surface area (Å²) in [6, 6.07) is 2.86. The van der Waals surface area contributed by atoms with Crippen LogP contribution in [0.1, 0.15) is 12.5 Å². The number of alkyl halides is 3. The molecule has 0 saturated carbocycles. The number of benzene rings is 1. The number of hydrogen-bond donors (Lipinski definition) is 2. The van der Waals surface area contributed by atoms with Gasteiger partial charge in [-0.05, 0) is 12.1 Å². The topological polar surface area (TPSA) is 86.6 Å². The lowest BCUT2D eigenvalue weighted by Crippen LogP contribution is -2.49. The number of halogens is 5. The lowest BCUT2D eigenvalue weighted by atomic mass is 9.89. The van der Waals surface area contributed by atoms with Gasteiger partial charge < -0.3 is 29.4 Å². The molecular weight excluding hydrogens is 555 g/mol. The van der Waals surface area contributed by atoms with Crippen molar-refractivity contribution >= 4 is 30.8 Å². The summed E-state index contributed by atoms with van der Waals surface area (Å²) in [7, 11) is -1.41. The third-order valence-electron chi connectivity index (χ3n) is 6.30. The number of pyridine rings is 1. The molecule has 40 heavy (non-hydrogen) atoms. The molecule has 0 spiro atoms. The van der Waals surface area contributed by atoms with Crippen LogP contribution in [0.5, 0.6) is 11.5 Å². The summed E-state index contributed by atoms with van der Waals surface area (Å²) in [4.78, 5) is 16.2. The van der Waals surface area contributed by atoms with Gasteiger partial charge in [0.15, 0.2) is 17.4 Å². The minimum atomic E-state index is -4.80. The Labute approximate surface area is 228 Å². The first-order valence-electron chi connectivity index (χ1n) is 12.6. The second kappa shape index (κ2) is 11.3. The molecule has 0 aliphatic carbocycles. The fourth-order valence-corrected chi connectivity index (χ4v) is 4.74. The molecule has 1 saturated heterocycles. The maximum Gasteiger partial charge on any atom is 0.418 e. The van der Waals surface area contributed by atoms with Crippen molar-refractivity contribution in [3.63, 3.8) is 0 Å². The fourth-order valence-electron chi connectivity index (χ4n) is 3.99. The molecule has 14 heteroatoms. The van der Waals surface area contributed by atoms with E-state index in [0.717, 1.165) is 30.4 Å². The van der Waals surface area contributed by atoms with Crippen LogP contribution in [0.3, 0.4) is 0 Å². The summed E-state index contributed by atoms with van der Waals surface area (Å²) in [6.07, 6.45) is -2.78. The summed E-state index contributed by atoms with van der Waals surface area (Å²) in [5, 5.41) is 4.48. The number of anilines is 1. The van der Waals surface area contributed by atoms with E-state index in [1.807, 2.05) is 6.92 Å². The number of ether oxygens (including phenoxy) is 3. The van der Waals surface area contributed by atoms with Gasteiger partial charge in [0.25, 0.3) is 0 Å². The zero-order valence-corrected chi connectivity index (χ0v) is 23.5. The van der Waals surface area contributed by atoms with Gasteiger partial charge in [0.05, 0.1) is 24.2 Å². The van der Waals surface area contributed by atoms with Crippen LogP contribution < -0.4 is 15.4 Å². The molecule has 0 bridgehead atoms. The molecule has 3 aromatic rings. The summed E-state index contributed by atoms with van der Waals surface area (Å²) >= 11 is 0. The Hall–Kier alpha value is -3.23. The van der Waals surface area contributed by atoms with Crippen molar-refractivity contribution < 1.29 is 41.0 Å². The SMILES string of the molecule is CC1(CNC(=O)Nc2cc(F)c(Oc3ccnc4c3c(C(F)(F)F)cn4COCC[Si](C)(C)C)c(F)c2)COC1. The average molecular weight is 587 g/mol. The average Bonchev–Trinajstić information content (AvgIpc) is 3.21. The van der Waals surface area contributed by atoms with E-state index in [1.54, 1.807) is 0 Å². The molecule has 3 heterocycles. The minimum absolute atomic E-state index is 0.112. The van der Waals surface area contributed by atoms with Crippen LogP contribution in [-0.2, 0) is 22.4 Å². The van der Waals surface area contributed by atoms with Crippen LogP contribution >= 0.6 is 0 Å². The molecule has 4 rings (SSSR count). The van der Waals surface area contributed by atoms with Crippen molar-refractivity contribution in [3.05, 3.63) is 47.8 Å². The molecular formula is C26H31F5N4O4Si. The van der Waals surface area contributed by atoms with E-state index in [4.69, 9.17) is 14.2 Å². The van der Waals surface area contributed by atoms with E-state index in [1.165, 1.54) is 10.8 Å². The summed E-state index contributed by atoms with van der Waals surface area (Å²) < 4.78 is 89.0. The summed E-state index contributed by atoms with van der Waals surface area (Å²) in [5.41, 5.74) is -1.61. The normalized spacial score (nSPS) is 15.1. The lowest BCUT2D eigenvalue weighted by molar-refractivity contribution is -0.136. The predicted molar refractivity (Wildman–Crippen MR) is 141 cm³/mol. The zero-order chi connectivity index (χ0) is 29.3. The number of aromatic nitrogens is 2. The molecule has 1 aromatic carbocycles. The highest BCUT2D eigenvalue weighted by atomic mass is 28.3. The summed E-state index contributed by atoms with van der Waals surface area (Å²) in [5.74, 6) is -3.81. The number of nitrogens with one attached hydrogen (secondary N) is 2. The summed E-state index contributed by atoms with van der Waals surface area (Å²) in [6.45, 7) is 9.81. The van der Waals surface area contributed by atoms with Crippen LogP contribution in [0.15, 0.2) is 30.6 Å². The molecule has 1 aliphatic rings. The maximum absolute atomic E-state index is 14.9. The van der Waals surface area contributed by atoms with Crippen molar-refractivity contribution in [2.75, 3.05) is 31.7 Å². The van der Waals surface area contributed by atoms with E-state index in [0.29, 0.717) is 26.4 Å².